The standard InChI is InChI=1S/C20H50O6Si5/c1-27(2,3)22-16-17(23-28(4,5)6)19(25-30(10,11)12)21-20(26-31(13,14)15)18(16)24-29(7,8)9/h16-20H,1-15H3/t16?,17-,18-,19-,20+/m0/s1. The Morgan fingerprint density at radius 3 is 0.806 bits per heavy atom. The van der Waals surface area contributed by atoms with Crippen molar-refractivity contribution in [3.8, 4) is 0 Å². The molecule has 0 saturated carbocycles. The molecule has 1 heterocycles. The Bertz CT molecular complexity index is 529. The Balaban J connectivity index is 3.54. The molecule has 186 valence electrons. The minimum Gasteiger partial charge on any atom is -0.409 e. The molecule has 0 bridgehead atoms. The third-order valence-corrected chi connectivity index (χ3v) is 8.68. The SMILES string of the molecule is C[Si](C)(C)OC1[C@H](O[Si](C)(C)C)[C@@H](O[Si](C)(C)C)O[C@@H](O[Si](C)(C)C)[C@H]1O[Si](C)(C)C. The average molecular weight is 527 g/mol. The van der Waals surface area contributed by atoms with Crippen LogP contribution in [-0.4, -0.2) is 72.5 Å². The van der Waals surface area contributed by atoms with Crippen LogP contribution >= 0.6 is 0 Å². The van der Waals surface area contributed by atoms with Crippen LogP contribution in [-0.2, 0) is 26.9 Å². The number of hydrogen-bond donors (Lipinski definition) is 0. The van der Waals surface area contributed by atoms with Crippen molar-refractivity contribution in [1.29, 1.82) is 0 Å². The topological polar surface area (TPSA) is 55.4 Å². The zero-order chi connectivity index (χ0) is 24.6. The van der Waals surface area contributed by atoms with E-state index in [9.17, 15) is 0 Å². The molecule has 0 aromatic heterocycles. The summed E-state index contributed by atoms with van der Waals surface area (Å²) >= 11 is 0. The van der Waals surface area contributed by atoms with Crippen LogP contribution < -0.4 is 0 Å². The summed E-state index contributed by atoms with van der Waals surface area (Å²) in [4.78, 5) is 0. The summed E-state index contributed by atoms with van der Waals surface area (Å²) in [5.74, 6) is 0. The molecule has 0 radical (unpaired) electrons. The van der Waals surface area contributed by atoms with Crippen molar-refractivity contribution in [2.75, 3.05) is 0 Å². The Morgan fingerprint density at radius 1 is 0.355 bits per heavy atom. The van der Waals surface area contributed by atoms with E-state index in [4.69, 9.17) is 26.9 Å². The fourth-order valence-corrected chi connectivity index (χ4v) is 8.26. The van der Waals surface area contributed by atoms with Gasteiger partial charge in [0.1, 0.15) is 18.3 Å². The van der Waals surface area contributed by atoms with E-state index in [0.29, 0.717) is 0 Å². The molecule has 0 aromatic carbocycles. The first-order valence-corrected chi connectivity index (χ1v) is 28.5. The molecule has 11 heteroatoms. The van der Waals surface area contributed by atoms with Crippen LogP contribution in [0, 0.1) is 0 Å². The predicted octanol–water partition coefficient (Wildman–Crippen LogP) is 6.03. The second kappa shape index (κ2) is 10.2. The largest absolute Gasteiger partial charge is 0.409 e. The molecular formula is C20H50O6Si5. The van der Waals surface area contributed by atoms with Gasteiger partial charge in [-0.15, -0.1) is 0 Å². The van der Waals surface area contributed by atoms with Crippen LogP contribution in [0.4, 0.5) is 0 Å². The Morgan fingerprint density at radius 2 is 0.581 bits per heavy atom. The minimum atomic E-state index is -1.93. The first-order valence-electron chi connectivity index (χ1n) is 11.5. The highest BCUT2D eigenvalue weighted by atomic mass is 28.4. The molecule has 1 aliphatic rings. The molecule has 1 unspecified atom stereocenters. The zero-order valence-corrected chi connectivity index (χ0v) is 27.8. The summed E-state index contributed by atoms with van der Waals surface area (Å²) in [6.45, 7) is 32.9. The van der Waals surface area contributed by atoms with Gasteiger partial charge in [-0.25, -0.2) is 0 Å². The average Bonchev–Trinajstić information content (AvgIpc) is 2.39. The highest BCUT2D eigenvalue weighted by molar-refractivity contribution is 6.71. The summed E-state index contributed by atoms with van der Waals surface area (Å²) in [5.41, 5.74) is 0. The molecule has 0 aliphatic carbocycles. The van der Waals surface area contributed by atoms with Crippen LogP contribution in [0.5, 0.6) is 0 Å². The molecule has 0 aromatic rings. The maximum Gasteiger partial charge on any atom is 0.187 e. The lowest BCUT2D eigenvalue weighted by Crippen LogP contribution is -2.67. The zero-order valence-electron chi connectivity index (χ0n) is 22.8. The Hall–Kier alpha value is 0.844. The van der Waals surface area contributed by atoms with Crippen molar-refractivity contribution in [2.24, 2.45) is 0 Å². The second-order valence-corrected chi connectivity index (χ2v) is 35.7. The highest BCUT2D eigenvalue weighted by Gasteiger charge is 2.53. The highest BCUT2D eigenvalue weighted by Crippen LogP contribution is 2.36. The molecule has 0 N–H and O–H groups in total. The van der Waals surface area contributed by atoms with Crippen molar-refractivity contribution in [3.05, 3.63) is 0 Å². The number of rotatable bonds is 10. The maximum atomic E-state index is 6.81. The van der Waals surface area contributed by atoms with Gasteiger partial charge in [0.2, 0.25) is 0 Å². The molecule has 1 fully saturated rings. The summed E-state index contributed by atoms with van der Waals surface area (Å²) in [5, 5.41) is 0. The van der Waals surface area contributed by atoms with Gasteiger partial charge in [-0.05, 0) is 98.2 Å². The lowest BCUT2D eigenvalue weighted by Gasteiger charge is -2.52. The summed E-state index contributed by atoms with van der Waals surface area (Å²) < 4.78 is 39.9. The van der Waals surface area contributed by atoms with Crippen molar-refractivity contribution < 1.29 is 26.9 Å². The molecular weight excluding hydrogens is 477 g/mol. The van der Waals surface area contributed by atoms with E-state index >= 15 is 0 Å². The molecule has 1 rings (SSSR count). The van der Waals surface area contributed by atoms with Crippen molar-refractivity contribution in [3.63, 3.8) is 0 Å². The molecule has 1 aliphatic heterocycles. The fourth-order valence-electron chi connectivity index (χ4n) is 3.27. The lowest BCUT2D eigenvalue weighted by atomic mass is 10.0. The second-order valence-electron chi connectivity index (χ2n) is 13.4. The van der Waals surface area contributed by atoms with E-state index in [2.05, 4.69) is 98.2 Å². The summed E-state index contributed by atoms with van der Waals surface area (Å²) in [7, 11) is -9.61. The first kappa shape index (κ1) is 29.9. The van der Waals surface area contributed by atoms with Gasteiger partial charge in [-0.2, -0.15) is 0 Å². The van der Waals surface area contributed by atoms with Crippen molar-refractivity contribution in [2.45, 2.75) is 129 Å². The molecule has 6 nitrogen and oxygen atoms in total. The van der Waals surface area contributed by atoms with E-state index in [0.717, 1.165) is 0 Å². The summed E-state index contributed by atoms with van der Waals surface area (Å²) in [6.07, 6.45) is -2.02. The van der Waals surface area contributed by atoms with Gasteiger partial charge in [0.05, 0.1) is 0 Å². The molecule has 0 amide bonds. The van der Waals surface area contributed by atoms with E-state index in [1.807, 2.05) is 0 Å². The fraction of sp³-hybridized carbons (Fsp3) is 1.00. The minimum absolute atomic E-state index is 0.290. The third-order valence-electron chi connectivity index (χ3n) is 3.86. The monoisotopic (exact) mass is 526 g/mol. The molecule has 31 heavy (non-hydrogen) atoms. The quantitative estimate of drug-likeness (QED) is 0.324. The van der Waals surface area contributed by atoms with Gasteiger partial charge >= 0.3 is 0 Å². The smallest absolute Gasteiger partial charge is 0.187 e. The molecule has 1 saturated heterocycles. The van der Waals surface area contributed by atoms with Crippen LogP contribution in [0.15, 0.2) is 0 Å². The molecule has 0 spiro atoms. The first-order chi connectivity index (χ1) is 13.5. The number of ether oxygens (including phenoxy) is 1. The van der Waals surface area contributed by atoms with Crippen LogP contribution in [0.3, 0.4) is 0 Å². The predicted molar refractivity (Wildman–Crippen MR) is 142 cm³/mol. The van der Waals surface area contributed by atoms with Gasteiger partial charge in [0.15, 0.2) is 54.2 Å². The van der Waals surface area contributed by atoms with Crippen molar-refractivity contribution in [1.82, 2.24) is 0 Å². The van der Waals surface area contributed by atoms with Gasteiger partial charge in [0, 0.05) is 0 Å². The van der Waals surface area contributed by atoms with Crippen molar-refractivity contribution >= 4 is 41.6 Å². The normalized spacial score (nSPS) is 29.3. The van der Waals surface area contributed by atoms with Gasteiger partial charge in [-0.3, -0.25) is 0 Å². The van der Waals surface area contributed by atoms with E-state index in [1.165, 1.54) is 0 Å². The van der Waals surface area contributed by atoms with E-state index in [1.54, 1.807) is 0 Å². The van der Waals surface area contributed by atoms with Gasteiger partial charge < -0.3 is 26.9 Å². The van der Waals surface area contributed by atoms with E-state index in [-0.39, 0.29) is 18.3 Å². The Kier molecular flexibility index (Phi) is 9.85. The third kappa shape index (κ3) is 12.2. The van der Waals surface area contributed by atoms with Crippen LogP contribution in [0.1, 0.15) is 0 Å². The summed E-state index contributed by atoms with van der Waals surface area (Å²) in [6, 6.07) is 0. The Labute approximate surface area is 197 Å². The molecule has 5 atom stereocenters. The van der Waals surface area contributed by atoms with Crippen LogP contribution in [0.2, 0.25) is 98.2 Å². The van der Waals surface area contributed by atoms with Crippen LogP contribution in [0.25, 0.3) is 0 Å². The number of hydrogen-bond acceptors (Lipinski definition) is 6. The van der Waals surface area contributed by atoms with Gasteiger partial charge in [0.25, 0.3) is 0 Å². The van der Waals surface area contributed by atoms with E-state index < -0.39 is 54.2 Å². The van der Waals surface area contributed by atoms with Gasteiger partial charge in [-0.1, -0.05) is 0 Å². The lowest BCUT2D eigenvalue weighted by molar-refractivity contribution is -0.308. The maximum absolute atomic E-state index is 6.81.